The number of nitrogens with one attached hydrogen (secondary N) is 1. The van der Waals surface area contributed by atoms with E-state index in [0.29, 0.717) is 44.0 Å². The molecular weight excluding hydrogens is 430 g/mol. The second-order valence-electron chi connectivity index (χ2n) is 7.24. The van der Waals surface area contributed by atoms with Gasteiger partial charge < -0.3 is 9.47 Å². The number of sulfonamides is 1. The van der Waals surface area contributed by atoms with E-state index in [0.717, 1.165) is 5.56 Å². The van der Waals surface area contributed by atoms with E-state index < -0.39 is 10.0 Å². The third kappa shape index (κ3) is 5.74. The highest BCUT2D eigenvalue weighted by Crippen LogP contribution is 2.27. The first kappa shape index (κ1) is 23.5. The van der Waals surface area contributed by atoms with Gasteiger partial charge in [0.15, 0.2) is 11.5 Å². The fourth-order valence-corrected chi connectivity index (χ4v) is 4.88. The first-order valence-electron chi connectivity index (χ1n) is 10.3. The molecule has 1 aliphatic heterocycles. The van der Waals surface area contributed by atoms with Crippen LogP contribution in [0.5, 0.6) is 11.5 Å². The molecule has 3 rings (SSSR count). The maximum atomic E-state index is 12.7. The number of carbonyl (C=O) groups excluding carboxylic acids is 1. The number of rotatable bonds is 9. The zero-order chi connectivity index (χ0) is 23.0. The molecule has 0 unspecified atom stereocenters. The molecule has 1 N–H and O–H groups in total. The molecule has 1 saturated heterocycles. The zero-order valence-corrected chi connectivity index (χ0v) is 18.8. The lowest BCUT2D eigenvalue weighted by molar-refractivity contribution is -0.126. The third-order valence-electron chi connectivity index (χ3n) is 5.14. The average molecular weight is 458 g/mol. The lowest BCUT2D eigenvalue weighted by Crippen LogP contribution is -2.42. The molecule has 0 atom stereocenters. The van der Waals surface area contributed by atoms with Crippen molar-refractivity contribution in [3.63, 3.8) is 0 Å². The Labute approximate surface area is 188 Å². The standard InChI is InChI=1S/C23H27N3O5S/c1-3-15-31-21-10-9-18(16-22(21)30-2)17-24-25-23(27)19-11-13-26(14-12-19)32(28,29)20-7-5-4-6-8-20/h3-10,16-17,19H,1,11-15H2,2H3,(H,25,27)/b24-17-. The van der Waals surface area contributed by atoms with Gasteiger partial charge in [-0.2, -0.15) is 9.41 Å². The molecule has 32 heavy (non-hydrogen) atoms. The molecule has 1 aliphatic rings. The quantitative estimate of drug-likeness (QED) is 0.355. The van der Waals surface area contributed by atoms with Gasteiger partial charge in [0, 0.05) is 19.0 Å². The summed E-state index contributed by atoms with van der Waals surface area (Å²) >= 11 is 0. The van der Waals surface area contributed by atoms with Crippen molar-refractivity contribution in [3.8, 4) is 11.5 Å². The fourth-order valence-electron chi connectivity index (χ4n) is 3.39. The van der Waals surface area contributed by atoms with Crippen molar-refractivity contribution in [2.45, 2.75) is 17.7 Å². The summed E-state index contributed by atoms with van der Waals surface area (Å²) in [6.07, 6.45) is 4.05. The zero-order valence-electron chi connectivity index (χ0n) is 17.9. The second kappa shape index (κ2) is 10.9. The summed E-state index contributed by atoms with van der Waals surface area (Å²) in [5.41, 5.74) is 3.28. The minimum absolute atomic E-state index is 0.226. The minimum Gasteiger partial charge on any atom is -0.493 e. The van der Waals surface area contributed by atoms with Crippen molar-refractivity contribution >= 4 is 22.1 Å². The topological polar surface area (TPSA) is 97.3 Å². The number of hydrogen-bond donors (Lipinski definition) is 1. The number of methoxy groups -OCH3 is 1. The lowest BCUT2D eigenvalue weighted by Gasteiger charge is -2.30. The molecule has 0 bridgehead atoms. The highest BCUT2D eigenvalue weighted by Gasteiger charge is 2.31. The van der Waals surface area contributed by atoms with Crippen molar-refractivity contribution < 1.29 is 22.7 Å². The number of amides is 1. The molecule has 0 radical (unpaired) electrons. The molecule has 2 aromatic carbocycles. The third-order valence-corrected chi connectivity index (χ3v) is 7.05. The number of piperidine rings is 1. The minimum atomic E-state index is -3.54. The average Bonchev–Trinajstić information content (AvgIpc) is 2.83. The Balaban J connectivity index is 1.53. The van der Waals surface area contributed by atoms with E-state index in [9.17, 15) is 13.2 Å². The van der Waals surface area contributed by atoms with E-state index in [1.165, 1.54) is 10.5 Å². The summed E-state index contributed by atoms with van der Waals surface area (Å²) in [6, 6.07) is 13.6. The fraction of sp³-hybridized carbons (Fsp3) is 0.304. The van der Waals surface area contributed by atoms with Crippen molar-refractivity contribution in [3.05, 3.63) is 66.7 Å². The van der Waals surface area contributed by atoms with E-state index in [-0.39, 0.29) is 16.7 Å². The number of hydrazone groups is 1. The maximum Gasteiger partial charge on any atom is 0.243 e. The van der Waals surface area contributed by atoms with Crippen LogP contribution in [0.25, 0.3) is 0 Å². The Hall–Kier alpha value is -3.17. The predicted octanol–water partition coefficient (Wildman–Crippen LogP) is 2.81. The van der Waals surface area contributed by atoms with Crippen molar-refractivity contribution in [1.82, 2.24) is 9.73 Å². The van der Waals surface area contributed by atoms with Gasteiger partial charge in [-0.15, -0.1) is 0 Å². The van der Waals surface area contributed by atoms with Gasteiger partial charge in [-0.1, -0.05) is 30.9 Å². The summed E-state index contributed by atoms with van der Waals surface area (Å²) in [7, 11) is -1.99. The van der Waals surface area contributed by atoms with Gasteiger partial charge in [-0.25, -0.2) is 13.8 Å². The Morgan fingerprint density at radius 3 is 2.56 bits per heavy atom. The van der Waals surface area contributed by atoms with Gasteiger partial charge in [0.1, 0.15) is 6.61 Å². The summed E-state index contributed by atoms with van der Waals surface area (Å²) in [4.78, 5) is 12.7. The Morgan fingerprint density at radius 2 is 1.91 bits per heavy atom. The van der Waals surface area contributed by atoms with Crippen molar-refractivity contribution in [2.75, 3.05) is 26.8 Å². The number of carbonyl (C=O) groups is 1. The second-order valence-corrected chi connectivity index (χ2v) is 9.17. The summed E-state index contributed by atoms with van der Waals surface area (Å²) in [5.74, 6) is 0.620. The highest BCUT2D eigenvalue weighted by molar-refractivity contribution is 7.89. The van der Waals surface area contributed by atoms with Gasteiger partial charge in [-0.05, 0) is 48.7 Å². The van der Waals surface area contributed by atoms with Gasteiger partial charge in [0.2, 0.25) is 15.9 Å². The molecule has 1 amide bonds. The van der Waals surface area contributed by atoms with Gasteiger partial charge in [0.05, 0.1) is 18.2 Å². The Bertz CT molecular complexity index is 1060. The molecule has 8 nitrogen and oxygen atoms in total. The maximum absolute atomic E-state index is 12.7. The largest absolute Gasteiger partial charge is 0.493 e. The van der Waals surface area contributed by atoms with Crippen molar-refractivity contribution in [2.24, 2.45) is 11.0 Å². The molecule has 1 fully saturated rings. The summed E-state index contributed by atoms with van der Waals surface area (Å²) in [5, 5.41) is 4.03. The summed E-state index contributed by atoms with van der Waals surface area (Å²) in [6.45, 7) is 4.57. The first-order chi connectivity index (χ1) is 15.5. The lowest BCUT2D eigenvalue weighted by atomic mass is 9.98. The van der Waals surface area contributed by atoms with Crippen LogP contribution < -0.4 is 14.9 Å². The van der Waals surface area contributed by atoms with Crippen LogP contribution in [-0.2, 0) is 14.8 Å². The monoisotopic (exact) mass is 457 g/mol. The van der Waals surface area contributed by atoms with E-state index in [2.05, 4.69) is 17.1 Å². The van der Waals surface area contributed by atoms with E-state index in [4.69, 9.17) is 9.47 Å². The molecule has 170 valence electrons. The molecule has 2 aromatic rings. The van der Waals surface area contributed by atoms with Crippen LogP contribution in [0.1, 0.15) is 18.4 Å². The SMILES string of the molecule is C=CCOc1ccc(/C=N\NC(=O)C2CCN(S(=O)(=O)c3ccccc3)CC2)cc1OC. The van der Waals surface area contributed by atoms with E-state index >= 15 is 0 Å². The number of benzene rings is 2. The number of ether oxygens (including phenoxy) is 2. The van der Waals surface area contributed by atoms with Gasteiger partial charge >= 0.3 is 0 Å². The van der Waals surface area contributed by atoms with Crippen LogP contribution in [0.2, 0.25) is 0 Å². The summed E-state index contributed by atoms with van der Waals surface area (Å²) < 4.78 is 37.7. The van der Waals surface area contributed by atoms with Gasteiger partial charge in [0.25, 0.3) is 0 Å². The Kier molecular flexibility index (Phi) is 8.02. The van der Waals surface area contributed by atoms with Crippen LogP contribution >= 0.6 is 0 Å². The first-order valence-corrected chi connectivity index (χ1v) is 11.7. The van der Waals surface area contributed by atoms with Gasteiger partial charge in [-0.3, -0.25) is 4.79 Å². The Morgan fingerprint density at radius 1 is 1.19 bits per heavy atom. The normalized spacial score (nSPS) is 15.4. The molecule has 1 heterocycles. The molecule has 0 aromatic heterocycles. The van der Waals surface area contributed by atoms with E-state index in [1.54, 1.807) is 61.7 Å². The predicted molar refractivity (Wildman–Crippen MR) is 122 cm³/mol. The molecule has 0 saturated carbocycles. The number of hydrogen-bond acceptors (Lipinski definition) is 6. The van der Waals surface area contributed by atoms with E-state index in [1.807, 2.05) is 0 Å². The molecule has 9 heteroatoms. The van der Waals surface area contributed by atoms with Crippen LogP contribution in [0, 0.1) is 5.92 Å². The van der Waals surface area contributed by atoms with Crippen LogP contribution in [0.4, 0.5) is 0 Å². The van der Waals surface area contributed by atoms with Crippen LogP contribution in [-0.4, -0.2) is 51.7 Å². The molecular formula is C23H27N3O5S. The highest BCUT2D eigenvalue weighted by atomic mass is 32.2. The van der Waals surface area contributed by atoms with Crippen LogP contribution in [0.3, 0.4) is 0 Å². The smallest absolute Gasteiger partial charge is 0.243 e. The number of nitrogens with zero attached hydrogens (tertiary/aromatic N) is 2. The van der Waals surface area contributed by atoms with Crippen LogP contribution in [0.15, 0.2) is 71.2 Å². The molecule has 0 spiro atoms. The molecule has 0 aliphatic carbocycles. The van der Waals surface area contributed by atoms with Crippen molar-refractivity contribution in [1.29, 1.82) is 0 Å².